The molecule has 1 amide bonds. The number of nitrogens with zero attached hydrogens (tertiary/aromatic N) is 8. The molecule has 2 unspecified atom stereocenters. The number of aromatic nitrogens is 8. The third-order valence-electron chi connectivity index (χ3n) is 8.17. The van der Waals surface area contributed by atoms with Crippen LogP contribution in [0, 0.1) is 0 Å². The topological polar surface area (TPSA) is 170 Å². The van der Waals surface area contributed by atoms with Crippen molar-refractivity contribution >= 4 is 34.5 Å². The number of thiazole rings is 1. The molecule has 2 saturated heterocycles. The first-order valence-electron chi connectivity index (χ1n) is 13.7. The van der Waals surface area contributed by atoms with Gasteiger partial charge in [-0.05, 0) is 38.7 Å². The summed E-state index contributed by atoms with van der Waals surface area (Å²) in [5.74, 6) is 0.159. The standard InChI is InChI=1S/C28H28N10O3S/c1-14(39)22-23(16-7-17-4-5-18(8-16)37(17)28(40)25-32-13-33-36-25)35-26-20(11-34-38(26)24(22)29)15-3-6-21(30-9-15)27-31-10-19(42-27)12-41-2/h3,6,9-11,13,16-18H,4-5,7-8,12,29H2,1-2H3,(H,32,33,36)/t16?,17-,18?/m1/s1. The summed E-state index contributed by atoms with van der Waals surface area (Å²) in [5, 5.41) is 13.0. The SMILES string of the molecule is COCc1cnc(-c2ccc(-c3cnn4c(N)c(C(C)=O)c(C5CC6CC[C@H](C5)N6C(=O)c5nnc[nH]5)nc34)cn2)s1. The molecule has 42 heavy (non-hydrogen) atoms. The van der Waals surface area contributed by atoms with Crippen LogP contribution < -0.4 is 5.73 Å². The van der Waals surface area contributed by atoms with Crippen LogP contribution in [0.3, 0.4) is 0 Å². The summed E-state index contributed by atoms with van der Waals surface area (Å²) in [6, 6.07) is 3.91. The van der Waals surface area contributed by atoms with Gasteiger partial charge in [0.1, 0.15) is 17.2 Å². The molecule has 0 saturated carbocycles. The van der Waals surface area contributed by atoms with Gasteiger partial charge in [0.15, 0.2) is 11.4 Å². The summed E-state index contributed by atoms with van der Waals surface area (Å²) in [6.07, 6.45) is 9.81. The van der Waals surface area contributed by atoms with E-state index in [-0.39, 0.29) is 41.3 Å². The number of hydrogen-bond acceptors (Lipinski definition) is 11. The average Bonchev–Trinajstić information content (AvgIpc) is 3.80. The average molecular weight is 585 g/mol. The fraction of sp³-hybridized carbons (Fsp3) is 0.357. The Hall–Kier alpha value is -4.56. The monoisotopic (exact) mass is 584 g/mol. The maximum Gasteiger partial charge on any atom is 0.292 e. The molecule has 0 radical (unpaired) electrons. The molecule has 13 nitrogen and oxygen atoms in total. The van der Waals surface area contributed by atoms with Gasteiger partial charge in [0.2, 0.25) is 5.82 Å². The molecule has 7 rings (SSSR count). The van der Waals surface area contributed by atoms with Crippen molar-refractivity contribution < 1.29 is 14.3 Å². The van der Waals surface area contributed by atoms with Crippen LogP contribution >= 0.6 is 11.3 Å². The third kappa shape index (κ3) is 4.34. The predicted molar refractivity (Wildman–Crippen MR) is 154 cm³/mol. The molecule has 2 fully saturated rings. The van der Waals surface area contributed by atoms with Gasteiger partial charge in [0.25, 0.3) is 5.91 Å². The number of H-pyrrole nitrogens is 1. The number of ketones is 1. The molecule has 14 heteroatoms. The zero-order valence-corrected chi connectivity index (χ0v) is 23.8. The Balaban J connectivity index is 1.23. The molecule has 5 aromatic heterocycles. The van der Waals surface area contributed by atoms with Gasteiger partial charge in [-0.3, -0.25) is 14.6 Å². The number of nitrogen functional groups attached to an aromatic ring is 1. The van der Waals surface area contributed by atoms with Crippen molar-refractivity contribution in [2.45, 2.75) is 57.2 Å². The summed E-state index contributed by atoms with van der Waals surface area (Å²) < 4.78 is 6.72. The molecular formula is C28H28N10O3S. The zero-order valence-electron chi connectivity index (χ0n) is 23.0. The Morgan fingerprint density at radius 1 is 1.14 bits per heavy atom. The van der Waals surface area contributed by atoms with Gasteiger partial charge in [-0.1, -0.05) is 6.07 Å². The molecule has 0 aliphatic carbocycles. The minimum absolute atomic E-state index is 0.0156. The lowest BCUT2D eigenvalue weighted by Crippen LogP contribution is -2.46. The second-order valence-corrected chi connectivity index (χ2v) is 11.8. The number of aromatic amines is 1. The van der Waals surface area contributed by atoms with Gasteiger partial charge in [-0.25, -0.2) is 9.97 Å². The molecule has 2 bridgehead atoms. The first-order valence-corrected chi connectivity index (χ1v) is 14.5. The van der Waals surface area contributed by atoms with Gasteiger partial charge in [0, 0.05) is 48.6 Å². The summed E-state index contributed by atoms with van der Waals surface area (Å²) in [5.41, 5.74) is 10.6. The van der Waals surface area contributed by atoms with E-state index in [0.29, 0.717) is 36.4 Å². The fourth-order valence-corrected chi connectivity index (χ4v) is 7.23. The number of Topliss-reactive ketones (excluding diaryl/α,β-unsaturated/α-hetero) is 1. The van der Waals surface area contributed by atoms with Crippen LogP contribution in [0.4, 0.5) is 5.82 Å². The van der Waals surface area contributed by atoms with E-state index < -0.39 is 0 Å². The number of nitrogens with one attached hydrogen (secondary N) is 1. The highest BCUT2D eigenvalue weighted by Gasteiger charge is 2.45. The highest BCUT2D eigenvalue weighted by Crippen LogP contribution is 2.45. The van der Waals surface area contributed by atoms with Crippen molar-refractivity contribution in [1.29, 1.82) is 0 Å². The number of amides is 1. The Labute approximate surface area is 244 Å². The maximum absolute atomic E-state index is 13.2. The number of piperidine rings is 1. The number of rotatable bonds is 7. The molecule has 3 atom stereocenters. The van der Waals surface area contributed by atoms with Crippen LogP contribution in [-0.4, -0.2) is 75.5 Å². The second kappa shape index (κ2) is 10.4. The van der Waals surface area contributed by atoms with Crippen molar-refractivity contribution in [2.24, 2.45) is 0 Å². The summed E-state index contributed by atoms with van der Waals surface area (Å²) >= 11 is 1.54. The maximum atomic E-state index is 13.2. The van der Waals surface area contributed by atoms with Crippen LogP contribution in [0.25, 0.3) is 27.5 Å². The molecule has 2 aliphatic rings. The van der Waals surface area contributed by atoms with Gasteiger partial charge in [-0.15, -0.1) is 21.5 Å². The highest BCUT2D eigenvalue weighted by molar-refractivity contribution is 7.14. The second-order valence-electron chi connectivity index (χ2n) is 10.7. The van der Waals surface area contributed by atoms with Crippen LogP contribution in [0.15, 0.2) is 37.1 Å². The number of hydrogen-bond donors (Lipinski definition) is 2. The van der Waals surface area contributed by atoms with E-state index in [1.165, 1.54) is 29.1 Å². The summed E-state index contributed by atoms with van der Waals surface area (Å²) in [7, 11) is 1.66. The van der Waals surface area contributed by atoms with Crippen molar-refractivity contribution in [3.8, 4) is 21.8 Å². The lowest BCUT2D eigenvalue weighted by atomic mass is 9.85. The highest BCUT2D eigenvalue weighted by atomic mass is 32.1. The molecule has 5 aromatic rings. The lowest BCUT2D eigenvalue weighted by Gasteiger charge is -2.38. The smallest absolute Gasteiger partial charge is 0.292 e. The quantitative estimate of drug-likeness (QED) is 0.270. The first kappa shape index (κ1) is 26.3. The number of pyridine rings is 1. The molecule has 2 aliphatic heterocycles. The normalized spacial score (nSPS) is 20.0. The van der Waals surface area contributed by atoms with E-state index in [0.717, 1.165) is 39.5 Å². The molecule has 0 spiro atoms. The Bertz CT molecular complexity index is 1780. The Kier molecular flexibility index (Phi) is 6.50. The lowest BCUT2D eigenvalue weighted by molar-refractivity contribution is 0.0556. The number of nitrogens with two attached hydrogens (primary N) is 1. The van der Waals surface area contributed by atoms with Gasteiger partial charge in [0.05, 0.1) is 34.6 Å². The van der Waals surface area contributed by atoms with Crippen molar-refractivity contribution in [3.63, 3.8) is 0 Å². The van der Waals surface area contributed by atoms with E-state index >= 15 is 0 Å². The molecule has 7 heterocycles. The Morgan fingerprint density at radius 3 is 2.62 bits per heavy atom. The van der Waals surface area contributed by atoms with E-state index in [4.69, 9.17) is 15.5 Å². The number of ether oxygens (including phenoxy) is 1. The van der Waals surface area contributed by atoms with E-state index in [1.54, 1.807) is 25.7 Å². The van der Waals surface area contributed by atoms with Gasteiger partial charge >= 0.3 is 0 Å². The van der Waals surface area contributed by atoms with Crippen LogP contribution in [-0.2, 0) is 11.3 Å². The van der Waals surface area contributed by atoms with Crippen LogP contribution in [0.2, 0.25) is 0 Å². The minimum atomic E-state index is -0.163. The molecule has 3 N–H and O–H groups in total. The number of carbonyl (C=O) groups excluding carboxylic acids is 2. The van der Waals surface area contributed by atoms with E-state index in [2.05, 4.69) is 30.2 Å². The number of methoxy groups -OCH3 is 1. The third-order valence-corrected chi connectivity index (χ3v) is 9.16. The van der Waals surface area contributed by atoms with Crippen LogP contribution in [0.5, 0.6) is 0 Å². The van der Waals surface area contributed by atoms with E-state index in [9.17, 15) is 9.59 Å². The molecule has 214 valence electrons. The number of fused-ring (bicyclic) bond motifs is 3. The summed E-state index contributed by atoms with van der Waals surface area (Å²) in [4.78, 5) is 46.0. The number of anilines is 1. The van der Waals surface area contributed by atoms with Crippen LogP contribution in [0.1, 0.15) is 70.1 Å². The van der Waals surface area contributed by atoms with Crippen molar-refractivity contribution in [2.75, 3.05) is 12.8 Å². The molecule has 0 aromatic carbocycles. The minimum Gasteiger partial charge on any atom is -0.383 e. The summed E-state index contributed by atoms with van der Waals surface area (Å²) in [6.45, 7) is 2.01. The zero-order chi connectivity index (χ0) is 29.0. The van der Waals surface area contributed by atoms with Crippen molar-refractivity contribution in [3.05, 3.63) is 59.0 Å². The van der Waals surface area contributed by atoms with Gasteiger partial charge in [-0.2, -0.15) is 9.61 Å². The molecular weight excluding hydrogens is 556 g/mol. The van der Waals surface area contributed by atoms with Gasteiger partial charge < -0.3 is 20.4 Å². The predicted octanol–water partition coefficient (Wildman–Crippen LogP) is 3.51. The van der Waals surface area contributed by atoms with E-state index in [1.807, 2.05) is 17.0 Å². The largest absolute Gasteiger partial charge is 0.383 e. The fourth-order valence-electron chi connectivity index (χ4n) is 6.37. The van der Waals surface area contributed by atoms with Crippen molar-refractivity contribution in [1.82, 2.24) is 44.6 Å². The first-order chi connectivity index (χ1) is 20.4. The number of carbonyl (C=O) groups is 2. The Morgan fingerprint density at radius 2 is 1.95 bits per heavy atom.